The molecule has 2 aromatic heterocycles. The minimum Gasteiger partial charge on any atom is -0.361 e. The first-order valence-corrected chi connectivity index (χ1v) is 11.6. The second-order valence-corrected chi connectivity index (χ2v) is 8.62. The first-order valence-electron chi connectivity index (χ1n) is 11.3. The molecule has 0 aliphatic heterocycles. The van der Waals surface area contributed by atoms with Gasteiger partial charge in [-0.3, -0.25) is 0 Å². The average Bonchev–Trinajstić information content (AvgIpc) is 3.17. The van der Waals surface area contributed by atoms with Crippen LogP contribution in [0.5, 0.6) is 0 Å². The number of hydrogen-bond acceptors (Lipinski definition) is 7. The Hall–Kier alpha value is -3.26. The predicted octanol–water partition coefficient (Wildman–Crippen LogP) is 5.43. The molecular formula is C26H29ClN6O. The van der Waals surface area contributed by atoms with E-state index in [0.717, 1.165) is 65.0 Å². The predicted molar refractivity (Wildman–Crippen MR) is 138 cm³/mol. The third-order valence-corrected chi connectivity index (χ3v) is 5.84. The first-order chi connectivity index (χ1) is 16.5. The van der Waals surface area contributed by atoms with E-state index in [9.17, 15) is 0 Å². The van der Waals surface area contributed by atoms with E-state index in [-0.39, 0.29) is 0 Å². The molecule has 0 spiro atoms. The molecule has 7 nitrogen and oxygen atoms in total. The van der Waals surface area contributed by atoms with E-state index in [1.807, 2.05) is 64.2 Å². The van der Waals surface area contributed by atoms with Gasteiger partial charge in [0.15, 0.2) is 5.82 Å². The summed E-state index contributed by atoms with van der Waals surface area (Å²) in [5.41, 5.74) is 6.41. The molecule has 3 N–H and O–H groups in total. The third kappa shape index (κ3) is 5.44. The lowest BCUT2D eigenvalue weighted by molar-refractivity contribution is 0.393. The molecule has 0 fully saturated rings. The summed E-state index contributed by atoms with van der Waals surface area (Å²) < 4.78 is 5.45. The van der Waals surface area contributed by atoms with Gasteiger partial charge in [-0.2, -0.15) is 0 Å². The molecule has 0 aliphatic carbocycles. The van der Waals surface area contributed by atoms with Crippen molar-refractivity contribution in [3.8, 4) is 22.6 Å². The molecule has 0 unspecified atom stereocenters. The van der Waals surface area contributed by atoms with Crippen molar-refractivity contribution < 1.29 is 4.52 Å². The van der Waals surface area contributed by atoms with E-state index in [2.05, 4.69) is 33.2 Å². The van der Waals surface area contributed by atoms with E-state index in [4.69, 9.17) is 26.1 Å². The summed E-state index contributed by atoms with van der Waals surface area (Å²) in [5.74, 6) is 2.08. The summed E-state index contributed by atoms with van der Waals surface area (Å²) in [6.45, 7) is 8.42. The molecule has 8 heteroatoms. The molecule has 0 atom stereocenters. The highest BCUT2D eigenvalue weighted by Crippen LogP contribution is 2.34. The molecule has 2 heterocycles. The van der Waals surface area contributed by atoms with Gasteiger partial charge >= 0.3 is 0 Å². The average molecular weight is 477 g/mol. The van der Waals surface area contributed by atoms with Gasteiger partial charge in [-0.05, 0) is 63.7 Å². The summed E-state index contributed by atoms with van der Waals surface area (Å²) in [6, 6.07) is 15.8. The van der Waals surface area contributed by atoms with Crippen molar-refractivity contribution in [3.63, 3.8) is 0 Å². The fourth-order valence-electron chi connectivity index (χ4n) is 3.77. The summed E-state index contributed by atoms with van der Waals surface area (Å²) >= 11 is 6.07. The minimum absolute atomic E-state index is 0.633. The number of aromatic nitrogens is 3. The zero-order chi connectivity index (χ0) is 24.1. The molecule has 4 aromatic rings. The van der Waals surface area contributed by atoms with Gasteiger partial charge in [-0.1, -0.05) is 35.0 Å². The summed E-state index contributed by atoms with van der Waals surface area (Å²) in [4.78, 5) is 9.88. The standard InChI is InChI=1S/C26H29ClN6O/c1-16-24(23-17(2)33-34-18(23)3)31-26(32-25(16)30-22-10-8-21(27)9-11-22)20-7-5-6-19(14-20)15-29-13-12-28-4/h5-11,14,28-29H,12-13,15H2,1-4H3,(H,30,31,32). The zero-order valence-corrected chi connectivity index (χ0v) is 20.6. The smallest absolute Gasteiger partial charge is 0.162 e. The quantitative estimate of drug-likeness (QED) is 0.277. The molecule has 0 saturated heterocycles. The topological polar surface area (TPSA) is 87.9 Å². The van der Waals surface area contributed by atoms with E-state index in [1.165, 1.54) is 5.56 Å². The van der Waals surface area contributed by atoms with Crippen molar-refractivity contribution in [2.24, 2.45) is 0 Å². The van der Waals surface area contributed by atoms with Crippen LogP contribution in [0.1, 0.15) is 22.6 Å². The molecule has 0 radical (unpaired) electrons. The van der Waals surface area contributed by atoms with Crippen LogP contribution in [0.2, 0.25) is 5.02 Å². The SMILES string of the molecule is CNCCNCc1cccc(-c2nc(Nc3ccc(Cl)cc3)c(C)c(-c3c(C)noc3C)n2)c1. The van der Waals surface area contributed by atoms with Crippen LogP contribution in [0.3, 0.4) is 0 Å². The van der Waals surface area contributed by atoms with Gasteiger partial charge in [0.1, 0.15) is 11.6 Å². The fourth-order valence-corrected chi connectivity index (χ4v) is 3.89. The summed E-state index contributed by atoms with van der Waals surface area (Å²) in [6.07, 6.45) is 0. The van der Waals surface area contributed by atoms with Crippen LogP contribution in [0.25, 0.3) is 22.6 Å². The molecule has 0 bridgehead atoms. The van der Waals surface area contributed by atoms with Gasteiger partial charge in [-0.25, -0.2) is 9.97 Å². The number of anilines is 2. The molecule has 0 aliphatic rings. The highest BCUT2D eigenvalue weighted by atomic mass is 35.5. The molecule has 176 valence electrons. The lowest BCUT2D eigenvalue weighted by Gasteiger charge is -2.15. The van der Waals surface area contributed by atoms with Crippen molar-refractivity contribution >= 4 is 23.1 Å². The summed E-state index contributed by atoms with van der Waals surface area (Å²) in [7, 11) is 1.95. The minimum atomic E-state index is 0.633. The number of halogens is 1. The van der Waals surface area contributed by atoms with Crippen LogP contribution in [-0.4, -0.2) is 35.3 Å². The van der Waals surface area contributed by atoms with Crippen LogP contribution < -0.4 is 16.0 Å². The zero-order valence-electron chi connectivity index (χ0n) is 19.9. The number of nitrogens with zero attached hydrogens (tertiary/aromatic N) is 3. The Balaban J connectivity index is 1.76. The number of benzene rings is 2. The van der Waals surface area contributed by atoms with Crippen LogP contribution in [0, 0.1) is 20.8 Å². The number of aryl methyl sites for hydroxylation is 2. The van der Waals surface area contributed by atoms with Crippen molar-refractivity contribution in [2.45, 2.75) is 27.3 Å². The monoisotopic (exact) mass is 476 g/mol. The molecule has 0 saturated carbocycles. The molecule has 34 heavy (non-hydrogen) atoms. The van der Waals surface area contributed by atoms with E-state index >= 15 is 0 Å². The Labute approximate surface area is 205 Å². The van der Waals surface area contributed by atoms with E-state index in [0.29, 0.717) is 10.8 Å². The molecule has 4 rings (SSSR count). The van der Waals surface area contributed by atoms with Crippen molar-refractivity contribution in [2.75, 3.05) is 25.5 Å². The molecule has 2 aromatic carbocycles. The number of rotatable bonds is 9. The van der Waals surface area contributed by atoms with Crippen molar-refractivity contribution in [1.29, 1.82) is 0 Å². The largest absolute Gasteiger partial charge is 0.361 e. The normalized spacial score (nSPS) is 11.1. The number of likely N-dealkylation sites (N-methyl/N-ethyl adjacent to an activating group) is 1. The highest BCUT2D eigenvalue weighted by Gasteiger charge is 2.20. The Morgan fingerprint density at radius 2 is 1.76 bits per heavy atom. The van der Waals surface area contributed by atoms with Crippen LogP contribution in [0.15, 0.2) is 53.1 Å². The third-order valence-electron chi connectivity index (χ3n) is 5.59. The van der Waals surface area contributed by atoms with Gasteiger partial charge in [0.05, 0.1) is 17.0 Å². The van der Waals surface area contributed by atoms with Gasteiger partial charge in [0.2, 0.25) is 0 Å². The van der Waals surface area contributed by atoms with Crippen LogP contribution in [-0.2, 0) is 6.54 Å². The second-order valence-electron chi connectivity index (χ2n) is 8.18. The second kappa shape index (κ2) is 10.8. The highest BCUT2D eigenvalue weighted by molar-refractivity contribution is 6.30. The molecule has 0 amide bonds. The Bertz CT molecular complexity index is 1250. The Kier molecular flexibility index (Phi) is 7.57. The van der Waals surface area contributed by atoms with Crippen molar-refractivity contribution in [3.05, 3.63) is 76.1 Å². The lowest BCUT2D eigenvalue weighted by Crippen LogP contribution is -2.24. The van der Waals surface area contributed by atoms with Gasteiger partial charge in [0, 0.05) is 41.5 Å². The number of nitrogens with one attached hydrogen (secondary N) is 3. The van der Waals surface area contributed by atoms with Crippen LogP contribution in [0.4, 0.5) is 11.5 Å². The maximum absolute atomic E-state index is 6.07. The fraction of sp³-hybridized carbons (Fsp3) is 0.269. The Morgan fingerprint density at radius 1 is 0.971 bits per heavy atom. The van der Waals surface area contributed by atoms with Crippen LogP contribution >= 0.6 is 11.6 Å². The van der Waals surface area contributed by atoms with E-state index in [1.54, 1.807) is 0 Å². The van der Waals surface area contributed by atoms with Crippen molar-refractivity contribution in [1.82, 2.24) is 25.8 Å². The maximum Gasteiger partial charge on any atom is 0.162 e. The van der Waals surface area contributed by atoms with Gasteiger partial charge in [0.25, 0.3) is 0 Å². The number of hydrogen-bond donors (Lipinski definition) is 3. The lowest BCUT2D eigenvalue weighted by atomic mass is 10.0. The Morgan fingerprint density at radius 3 is 2.47 bits per heavy atom. The van der Waals surface area contributed by atoms with E-state index < -0.39 is 0 Å². The maximum atomic E-state index is 6.07. The molecular weight excluding hydrogens is 448 g/mol. The van der Waals surface area contributed by atoms with Gasteiger partial charge in [-0.15, -0.1) is 0 Å². The first kappa shape index (κ1) is 23.9. The summed E-state index contributed by atoms with van der Waals surface area (Å²) in [5, 5.41) is 14.8. The van der Waals surface area contributed by atoms with Gasteiger partial charge < -0.3 is 20.5 Å².